The lowest BCUT2D eigenvalue weighted by Gasteiger charge is -2.37. The molecule has 6 rings (SSSR count). The lowest BCUT2D eigenvalue weighted by atomic mass is 10.1. The number of ether oxygens (including phenoxy) is 3. The van der Waals surface area contributed by atoms with E-state index in [-0.39, 0.29) is 6.09 Å². The highest BCUT2D eigenvalue weighted by Crippen LogP contribution is 2.36. The molecule has 1 amide bonds. The second-order valence-electron chi connectivity index (χ2n) is 14.7. The molecule has 0 aliphatic carbocycles. The minimum Gasteiger partial charge on any atom is -0.444 e. The zero-order chi connectivity index (χ0) is 38.2. The Labute approximate surface area is 307 Å². The molecule has 0 aromatic heterocycles. The smallest absolute Gasteiger partial charge is 0.416 e. The number of amides is 1. The number of anilines is 2. The fourth-order valence-corrected chi connectivity index (χ4v) is 6.71. The largest absolute Gasteiger partial charge is 0.444 e. The van der Waals surface area contributed by atoms with Gasteiger partial charge in [0.25, 0.3) is 0 Å². The number of rotatable bonds is 6. The SMILES string of the molecule is CC(C)(C)OC(=O)N1CCN(Cc2ccc(C(F)(F)F)cc2N2CCOCC2)CC1.FC(F)(F)c1ccc(CN2CCNCC2)c(N2CCOCC2)c1. The van der Waals surface area contributed by atoms with Crippen molar-refractivity contribution in [3.8, 4) is 0 Å². The lowest BCUT2D eigenvalue weighted by Crippen LogP contribution is -2.49. The summed E-state index contributed by atoms with van der Waals surface area (Å²) >= 11 is 0. The van der Waals surface area contributed by atoms with Crippen molar-refractivity contribution in [2.75, 3.05) is 115 Å². The highest BCUT2D eigenvalue weighted by molar-refractivity contribution is 5.68. The van der Waals surface area contributed by atoms with Crippen LogP contribution < -0.4 is 15.1 Å². The number of alkyl halides is 6. The Hall–Kier alpha value is -3.31. The third kappa shape index (κ3) is 12.1. The van der Waals surface area contributed by atoms with Crippen LogP contribution in [0.1, 0.15) is 43.0 Å². The van der Waals surface area contributed by atoms with Crippen LogP contribution >= 0.6 is 0 Å². The molecule has 16 heteroatoms. The van der Waals surface area contributed by atoms with Gasteiger partial charge in [-0.15, -0.1) is 0 Å². The van der Waals surface area contributed by atoms with Crippen LogP contribution in [0.4, 0.5) is 42.5 Å². The Morgan fingerprint density at radius 1 is 0.642 bits per heavy atom. The first-order valence-corrected chi connectivity index (χ1v) is 18.3. The summed E-state index contributed by atoms with van der Waals surface area (Å²) in [5.41, 5.74) is 1.37. The van der Waals surface area contributed by atoms with Gasteiger partial charge in [-0.2, -0.15) is 26.3 Å². The first kappa shape index (κ1) is 40.9. The number of benzene rings is 2. The summed E-state index contributed by atoms with van der Waals surface area (Å²) in [4.78, 5) is 22.3. The average Bonchev–Trinajstić information content (AvgIpc) is 3.12. The molecule has 2 aromatic carbocycles. The minimum absolute atomic E-state index is 0.328. The van der Waals surface area contributed by atoms with Crippen molar-refractivity contribution in [1.82, 2.24) is 20.0 Å². The predicted molar refractivity (Wildman–Crippen MR) is 190 cm³/mol. The van der Waals surface area contributed by atoms with E-state index >= 15 is 0 Å². The molecular formula is C37H52F6N6O4. The molecule has 4 aliphatic rings. The van der Waals surface area contributed by atoms with E-state index in [4.69, 9.17) is 14.2 Å². The number of hydrogen-bond donors (Lipinski definition) is 1. The molecule has 2 aromatic rings. The quantitative estimate of drug-likeness (QED) is 0.383. The second kappa shape index (κ2) is 17.9. The van der Waals surface area contributed by atoms with Gasteiger partial charge in [0, 0.05) is 103 Å². The highest BCUT2D eigenvalue weighted by atomic mass is 19.4. The van der Waals surface area contributed by atoms with E-state index in [9.17, 15) is 31.1 Å². The molecule has 4 saturated heterocycles. The fraction of sp³-hybridized carbons (Fsp3) is 0.649. The van der Waals surface area contributed by atoms with E-state index in [0.29, 0.717) is 103 Å². The van der Waals surface area contributed by atoms with Crippen molar-refractivity contribution in [3.05, 3.63) is 58.7 Å². The molecule has 0 radical (unpaired) electrons. The summed E-state index contributed by atoms with van der Waals surface area (Å²) in [7, 11) is 0. The van der Waals surface area contributed by atoms with Crippen LogP contribution in [0, 0.1) is 0 Å². The topological polar surface area (TPSA) is 73.0 Å². The number of morpholine rings is 2. The van der Waals surface area contributed by atoms with E-state index in [2.05, 4.69) is 15.1 Å². The van der Waals surface area contributed by atoms with Gasteiger partial charge < -0.3 is 34.2 Å². The van der Waals surface area contributed by atoms with Crippen molar-refractivity contribution in [1.29, 1.82) is 0 Å². The van der Waals surface area contributed by atoms with Crippen LogP contribution in [0.3, 0.4) is 0 Å². The fourth-order valence-electron chi connectivity index (χ4n) is 6.71. The van der Waals surface area contributed by atoms with Gasteiger partial charge in [-0.1, -0.05) is 12.1 Å². The summed E-state index contributed by atoms with van der Waals surface area (Å²) in [6, 6.07) is 8.10. The molecule has 0 unspecified atom stereocenters. The minimum atomic E-state index is -4.38. The molecule has 0 atom stereocenters. The van der Waals surface area contributed by atoms with Crippen molar-refractivity contribution in [3.63, 3.8) is 0 Å². The van der Waals surface area contributed by atoms with Gasteiger partial charge in [-0.3, -0.25) is 9.80 Å². The number of nitrogens with zero attached hydrogens (tertiary/aromatic N) is 5. The van der Waals surface area contributed by atoms with Gasteiger partial charge in [-0.25, -0.2) is 4.79 Å². The number of hydrogen-bond acceptors (Lipinski definition) is 9. The Balaban J connectivity index is 0.000000211. The van der Waals surface area contributed by atoms with Crippen molar-refractivity contribution >= 4 is 17.5 Å². The molecule has 53 heavy (non-hydrogen) atoms. The molecule has 4 fully saturated rings. The first-order chi connectivity index (χ1) is 25.1. The van der Waals surface area contributed by atoms with Crippen LogP contribution in [0.25, 0.3) is 0 Å². The lowest BCUT2D eigenvalue weighted by molar-refractivity contribution is -0.138. The van der Waals surface area contributed by atoms with E-state index < -0.39 is 29.1 Å². The summed E-state index contributed by atoms with van der Waals surface area (Å²) in [5, 5.41) is 3.29. The third-order valence-electron chi connectivity index (χ3n) is 9.55. The van der Waals surface area contributed by atoms with Crippen LogP contribution in [0.2, 0.25) is 0 Å². The van der Waals surface area contributed by atoms with Crippen LogP contribution in [-0.2, 0) is 39.7 Å². The number of piperazine rings is 2. The second-order valence-corrected chi connectivity index (χ2v) is 14.7. The Kier molecular flexibility index (Phi) is 13.8. The molecule has 296 valence electrons. The Bertz CT molecular complexity index is 1480. The van der Waals surface area contributed by atoms with Crippen molar-refractivity contribution < 1.29 is 45.3 Å². The van der Waals surface area contributed by atoms with Crippen molar-refractivity contribution in [2.45, 2.75) is 51.8 Å². The van der Waals surface area contributed by atoms with Crippen LogP contribution in [0.15, 0.2) is 36.4 Å². The number of carbonyl (C=O) groups is 1. The maximum atomic E-state index is 13.3. The predicted octanol–water partition coefficient (Wildman–Crippen LogP) is 5.54. The Morgan fingerprint density at radius 3 is 1.45 bits per heavy atom. The summed E-state index contributed by atoms with van der Waals surface area (Å²) in [5.74, 6) is 0. The monoisotopic (exact) mass is 758 g/mol. The normalized spacial score (nSPS) is 19.8. The maximum absolute atomic E-state index is 13.3. The van der Waals surface area contributed by atoms with Crippen LogP contribution in [-0.4, -0.2) is 131 Å². The zero-order valence-corrected chi connectivity index (χ0v) is 30.8. The molecule has 4 heterocycles. The molecule has 10 nitrogen and oxygen atoms in total. The van der Waals surface area contributed by atoms with Crippen molar-refractivity contribution in [2.24, 2.45) is 0 Å². The van der Waals surface area contributed by atoms with E-state index in [1.807, 2.05) is 30.6 Å². The molecule has 0 saturated carbocycles. The van der Waals surface area contributed by atoms with E-state index in [0.717, 1.165) is 43.4 Å². The zero-order valence-electron chi connectivity index (χ0n) is 30.8. The number of nitrogens with one attached hydrogen (secondary N) is 1. The van der Waals surface area contributed by atoms with Gasteiger partial charge in [0.15, 0.2) is 0 Å². The third-order valence-corrected chi connectivity index (χ3v) is 9.55. The molecule has 0 bridgehead atoms. The molecule has 1 N–H and O–H groups in total. The van der Waals surface area contributed by atoms with E-state index in [1.54, 1.807) is 17.0 Å². The van der Waals surface area contributed by atoms with Gasteiger partial charge >= 0.3 is 18.4 Å². The van der Waals surface area contributed by atoms with Gasteiger partial charge in [0.05, 0.1) is 37.6 Å². The van der Waals surface area contributed by atoms with E-state index in [1.165, 1.54) is 18.2 Å². The standard InChI is InChI=1S/C21H30F3N3O3.C16H22F3N3O/c1-20(2,3)30-19(28)27-8-6-25(7-9-27)15-16-4-5-17(21(22,23)24)14-18(16)26-10-12-29-13-11-26;17-16(18,19)14-2-1-13(12-21-5-3-20-4-6-21)15(11-14)22-7-9-23-10-8-22/h4-5,14H,6-13,15H2,1-3H3;1-2,11,20H,3-10,12H2. The average molecular weight is 759 g/mol. The number of carbonyl (C=O) groups excluding carboxylic acids is 1. The van der Waals surface area contributed by atoms with Gasteiger partial charge in [0.2, 0.25) is 0 Å². The van der Waals surface area contributed by atoms with Crippen LogP contribution in [0.5, 0.6) is 0 Å². The highest BCUT2D eigenvalue weighted by Gasteiger charge is 2.34. The summed E-state index contributed by atoms with van der Waals surface area (Å²) in [6.07, 6.45) is -9.02. The van der Waals surface area contributed by atoms with Gasteiger partial charge in [-0.05, 0) is 56.2 Å². The summed E-state index contributed by atoms with van der Waals surface area (Å²) in [6.45, 7) is 17.3. The summed E-state index contributed by atoms with van der Waals surface area (Å²) < 4.78 is 95.1. The number of halogens is 6. The Morgan fingerprint density at radius 2 is 1.06 bits per heavy atom. The molecule has 4 aliphatic heterocycles. The molecule has 0 spiro atoms. The first-order valence-electron chi connectivity index (χ1n) is 18.3. The van der Waals surface area contributed by atoms with Gasteiger partial charge in [0.1, 0.15) is 5.60 Å². The molecular weight excluding hydrogens is 706 g/mol. The maximum Gasteiger partial charge on any atom is 0.416 e.